The summed E-state index contributed by atoms with van der Waals surface area (Å²) in [7, 11) is 0. The van der Waals surface area contributed by atoms with Gasteiger partial charge < -0.3 is 14.7 Å². The van der Waals surface area contributed by atoms with Crippen molar-refractivity contribution < 1.29 is 9.32 Å². The number of hydrogen-bond donors (Lipinski definition) is 1. The van der Waals surface area contributed by atoms with Crippen molar-refractivity contribution in [3.05, 3.63) is 41.7 Å². The Morgan fingerprint density at radius 2 is 2.09 bits per heavy atom. The second-order valence-corrected chi connectivity index (χ2v) is 5.49. The summed E-state index contributed by atoms with van der Waals surface area (Å²) in [6.45, 7) is 6.38. The number of piperazine rings is 1. The van der Waals surface area contributed by atoms with Crippen molar-refractivity contribution in [2.45, 2.75) is 19.9 Å². The molecule has 0 spiro atoms. The van der Waals surface area contributed by atoms with Gasteiger partial charge in [-0.3, -0.25) is 4.79 Å². The lowest BCUT2D eigenvalue weighted by atomic mass is 10.1. The van der Waals surface area contributed by atoms with Gasteiger partial charge in [0.05, 0.1) is 0 Å². The van der Waals surface area contributed by atoms with Crippen LogP contribution >= 0.6 is 12.4 Å². The van der Waals surface area contributed by atoms with Crippen LogP contribution in [-0.2, 0) is 0 Å². The molecular weight excluding hydrogens is 302 g/mol. The number of carbonyl (C=O) groups excluding carboxylic acids is 1. The molecule has 1 saturated heterocycles. The number of nitrogens with zero attached hydrogens (tertiary/aromatic N) is 2. The SMILES string of the molecule is Cc1ccc(-c2cc(C(=O)N3CCNCC3C)on2)cc1.Cl. The molecule has 1 fully saturated rings. The van der Waals surface area contributed by atoms with Crippen LogP contribution in [0, 0.1) is 6.92 Å². The Labute approximate surface area is 136 Å². The predicted molar refractivity (Wildman–Crippen MR) is 87.3 cm³/mol. The highest BCUT2D eigenvalue weighted by atomic mass is 35.5. The molecule has 0 saturated carbocycles. The van der Waals surface area contributed by atoms with Crippen molar-refractivity contribution in [1.82, 2.24) is 15.4 Å². The largest absolute Gasteiger partial charge is 0.350 e. The third-order valence-corrected chi connectivity index (χ3v) is 3.83. The van der Waals surface area contributed by atoms with E-state index in [1.165, 1.54) is 5.56 Å². The molecule has 1 aromatic carbocycles. The topological polar surface area (TPSA) is 58.4 Å². The van der Waals surface area contributed by atoms with Gasteiger partial charge in [0, 0.05) is 37.3 Å². The molecule has 0 bridgehead atoms. The maximum atomic E-state index is 12.5. The lowest BCUT2D eigenvalue weighted by Gasteiger charge is -2.33. The molecule has 0 radical (unpaired) electrons. The smallest absolute Gasteiger partial charge is 0.292 e. The van der Waals surface area contributed by atoms with Gasteiger partial charge in [-0.05, 0) is 13.8 Å². The van der Waals surface area contributed by atoms with Gasteiger partial charge in [-0.15, -0.1) is 12.4 Å². The fraction of sp³-hybridized carbons (Fsp3) is 0.375. The number of aryl methyl sites for hydroxylation is 1. The highest BCUT2D eigenvalue weighted by Gasteiger charge is 2.27. The van der Waals surface area contributed by atoms with Crippen LogP contribution in [0.3, 0.4) is 0 Å². The van der Waals surface area contributed by atoms with Crippen molar-refractivity contribution in [3.8, 4) is 11.3 Å². The Morgan fingerprint density at radius 3 is 2.77 bits per heavy atom. The molecule has 2 heterocycles. The van der Waals surface area contributed by atoms with Gasteiger partial charge in [0.1, 0.15) is 5.69 Å². The first-order chi connectivity index (χ1) is 10.1. The highest BCUT2D eigenvalue weighted by Crippen LogP contribution is 2.21. The van der Waals surface area contributed by atoms with Gasteiger partial charge in [-0.2, -0.15) is 0 Å². The molecule has 3 rings (SSSR count). The monoisotopic (exact) mass is 321 g/mol. The highest BCUT2D eigenvalue weighted by molar-refractivity contribution is 5.92. The summed E-state index contributed by atoms with van der Waals surface area (Å²) in [6.07, 6.45) is 0. The number of nitrogens with one attached hydrogen (secondary N) is 1. The van der Waals surface area contributed by atoms with Crippen molar-refractivity contribution in [2.75, 3.05) is 19.6 Å². The maximum Gasteiger partial charge on any atom is 0.292 e. The third-order valence-electron chi connectivity index (χ3n) is 3.83. The van der Waals surface area contributed by atoms with Gasteiger partial charge in [-0.1, -0.05) is 35.0 Å². The van der Waals surface area contributed by atoms with Crippen LogP contribution < -0.4 is 5.32 Å². The van der Waals surface area contributed by atoms with Crippen LogP contribution in [0.4, 0.5) is 0 Å². The molecule has 0 aliphatic carbocycles. The van der Waals surface area contributed by atoms with Crippen LogP contribution in [0.2, 0.25) is 0 Å². The molecule has 1 amide bonds. The number of aromatic nitrogens is 1. The van der Waals surface area contributed by atoms with E-state index in [9.17, 15) is 4.79 Å². The van der Waals surface area contributed by atoms with E-state index in [4.69, 9.17) is 4.52 Å². The molecule has 1 N–H and O–H groups in total. The summed E-state index contributed by atoms with van der Waals surface area (Å²) >= 11 is 0. The number of carbonyl (C=O) groups is 1. The predicted octanol–water partition coefficient (Wildman–Crippen LogP) is 2.51. The van der Waals surface area contributed by atoms with E-state index in [-0.39, 0.29) is 24.4 Å². The summed E-state index contributed by atoms with van der Waals surface area (Å²) in [5.74, 6) is 0.217. The third kappa shape index (κ3) is 3.31. The first kappa shape index (κ1) is 16.5. The molecule has 1 aliphatic rings. The minimum absolute atomic E-state index is 0. The van der Waals surface area contributed by atoms with Gasteiger partial charge in [0.25, 0.3) is 5.91 Å². The summed E-state index contributed by atoms with van der Waals surface area (Å²) in [5, 5.41) is 7.29. The van der Waals surface area contributed by atoms with Gasteiger partial charge in [0.2, 0.25) is 5.76 Å². The summed E-state index contributed by atoms with van der Waals surface area (Å²) in [6, 6.07) is 9.89. The van der Waals surface area contributed by atoms with Crippen LogP contribution in [-0.4, -0.2) is 41.6 Å². The van der Waals surface area contributed by atoms with Crippen molar-refractivity contribution in [1.29, 1.82) is 0 Å². The van der Waals surface area contributed by atoms with Crippen LogP contribution in [0.1, 0.15) is 23.0 Å². The number of amides is 1. The zero-order valence-corrected chi connectivity index (χ0v) is 13.5. The molecule has 1 unspecified atom stereocenters. The summed E-state index contributed by atoms with van der Waals surface area (Å²) in [4.78, 5) is 14.3. The molecular formula is C16H20ClN3O2. The Balaban J connectivity index is 0.00000176. The first-order valence-corrected chi connectivity index (χ1v) is 7.20. The van der Waals surface area contributed by atoms with Crippen LogP contribution in [0.25, 0.3) is 11.3 Å². The molecule has 2 aromatic rings. The Hall–Kier alpha value is -1.85. The zero-order chi connectivity index (χ0) is 14.8. The van der Waals surface area contributed by atoms with Gasteiger partial charge >= 0.3 is 0 Å². The van der Waals surface area contributed by atoms with Crippen LogP contribution in [0.15, 0.2) is 34.9 Å². The normalized spacial score (nSPS) is 17.9. The lowest BCUT2D eigenvalue weighted by molar-refractivity contribution is 0.0613. The fourth-order valence-corrected chi connectivity index (χ4v) is 2.52. The number of halogens is 1. The minimum Gasteiger partial charge on any atom is -0.350 e. The summed E-state index contributed by atoms with van der Waals surface area (Å²) in [5.41, 5.74) is 2.84. The molecule has 1 aliphatic heterocycles. The molecule has 6 heteroatoms. The van der Waals surface area contributed by atoms with E-state index in [1.807, 2.05) is 43.0 Å². The van der Waals surface area contributed by atoms with E-state index in [2.05, 4.69) is 10.5 Å². The number of rotatable bonds is 2. The van der Waals surface area contributed by atoms with Crippen LogP contribution in [0.5, 0.6) is 0 Å². The van der Waals surface area contributed by atoms with E-state index in [0.29, 0.717) is 18.0 Å². The Bertz CT molecular complexity index is 639. The van der Waals surface area contributed by atoms with Crippen molar-refractivity contribution >= 4 is 18.3 Å². The van der Waals surface area contributed by atoms with E-state index < -0.39 is 0 Å². The second-order valence-electron chi connectivity index (χ2n) is 5.49. The molecule has 5 nitrogen and oxygen atoms in total. The molecule has 1 aromatic heterocycles. The molecule has 22 heavy (non-hydrogen) atoms. The molecule has 118 valence electrons. The second kappa shape index (κ2) is 6.94. The quantitative estimate of drug-likeness (QED) is 0.923. The first-order valence-electron chi connectivity index (χ1n) is 7.20. The van der Waals surface area contributed by atoms with E-state index in [0.717, 1.165) is 18.7 Å². The number of hydrogen-bond acceptors (Lipinski definition) is 4. The van der Waals surface area contributed by atoms with Crippen molar-refractivity contribution in [3.63, 3.8) is 0 Å². The van der Waals surface area contributed by atoms with Gasteiger partial charge in [0.15, 0.2) is 0 Å². The Kier molecular flexibility index (Phi) is 5.21. The Morgan fingerprint density at radius 1 is 1.36 bits per heavy atom. The van der Waals surface area contributed by atoms with E-state index in [1.54, 1.807) is 6.07 Å². The standard InChI is InChI=1S/C16H19N3O2.ClH/c1-11-3-5-13(6-4-11)14-9-15(21-18-14)16(20)19-8-7-17-10-12(19)2;/h3-6,9,12,17H,7-8,10H2,1-2H3;1H. The number of benzene rings is 1. The van der Waals surface area contributed by atoms with Crippen molar-refractivity contribution in [2.24, 2.45) is 0 Å². The van der Waals surface area contributed by atoms with E-state index >= 15 is 0 Å². The minimum atomic E-state index is -0.0881. The lowest BCUT2D eigenvalue weighted by Crippen LogP contribution is -2.52. The zero-order valence-electron chi connectivity index (χ0n) is 12.7. The average molecular weight is 322 g/mol. The molecule has 1 atom stereocenters. The maximum absolute atomic E-state index is 12.5. The van der Waals surface area contributed by atoms with Gasteiger partial charge in [-0.25, -0.2) is 0 Å². The average Bonchev–Trinajstić information content (AvgIpc) is 2.98. The summed E-state index contributed by atoms with van der Waals surface area (Å²) < 4.78 is 5.25. The fourth-order valence-electron chi connectivity index (χ4n) is 2.52.